The lowest BCUT2D eigenvalue weighted by Crippen LogP contribution is -2.37. The van der Waals surface area contributed by atoms with Crippen LogP contribution in [-0.4, -0.2) is 58.3 Å². The number of piperidine rings is 1. The highest BCUT2D eigenvalue weighted by Crippen LogP contribution is 2.29. The zero-order chi connectivity index (χ0) is 18.8. The number of anilines is 1. The summed E-state index contributed by atoms with van der Waals surface area (Å²) >= 11 is 0. The first-order chi connectivity index (χ1) is 13.1. The number of rotatable bonds is 4. The number of pyridine rings is 1. The van der Waals surface area contributed by atoms with Gasteiger partial charge < -0.3 is 19.4 Å². The highest BCUT2D eigenvalue weighted by atomic mass is 16.5. The topological polar surface area (TPSA) is 82.7 Å². The van der Waals surface area contributed by atoms with Crippen LogP contribution < -0.4 is 4.90 Å². The number of likely N-dealkylation sites (tertiary alicyclic amines) is 1. The molecule has 2 aliphatic heterocycles. The number of hydrogen-bond donors (Lipinski definition) is 1. The SMILES string of the molecule is Cc1cc(C[C@@H]2CN(c3ncccc3C(=O)N3CCCCC3)C[C@@H]2O)on1. The van der Waals surface area contributed by atoms with Crippen molar-refractivity contribution >= 4 is 11.7 Å². The van der Waals surface area contributed by atoms with E-state index < -0.39 is 6.10 Å². The second-order valence-corrected chi connectivity index (χ2v) is 7.60. The molecule has 0 aliphatic carbocycles. The van der Waals surface area contributed by atoms with E-state index in [2.05, 4.69) is 10.1 Å². The maximum atomic E-state index is 13.0. The molecule has 0 saturated carbocycles. The van der Waals surface area contributed by atoms with Crippen LogP contribution in [0.15, 0.2) is 28.9 Å². The minimum atomic E-state index is -0.490. The van der Waals surface area contributed by atoms with Gasteiger partial charge in [0.1, 0.15) is 11.6 Å². The van der Waals surface area contributed by atoms with Gasteiger partial charge >= 0.3 is 0 Å². The van der Waals surface area contributed by atoms with Gasteiger partial charge in [-0.3, -0.25) is 4.79 Å². The van der Waals surface area contributed by atoms with Crippen LogP contribution in [0.2, 0.25) is 0 Å². The zero-order valence-electron chi connectivity index (χ0n) is 15.7. The van der Waals surface area contributed by atoms with Crippen molar-refractivity contribution in [1.82, 2.24) is 15.0 Å². The van der Waals surface area contributed by atoms with Crippen molar-refractivity contribution in [2.75, 3.05) is 31.1 Å². The number of amides is 1. The summed E-state index contributed by atoms with van der Waals surface area (Å²) in [6, 6.07) is 5.56. The van der Waals surface area contributed by atoms with Crippen molar-refractivity contribution in [2.45, 2.75) is 38.7 Å². The van der Waals surface area contributed by atoms with E-state index in [1.807, 2.05) is 34.9 Å². The number of β-amino-alcohol motifs (C(OH)–C–C–N with tert-alkyl or cyclic N) is 1. The number of aromatic nitrogens is 2. The minimum Gasteiger partial charge on any atom is -0.391 e. The number of aliphatic hydroxyl groups excluding tert-OH is 1. The lowest BCUT2D eigenvalue weighted by Gasteiger charge is -2.28. The predicted octanol–water partition coefficient (Wildman–Crippen LogP) is 2.04. The lowest BCUT2D eigenvalue weighted by atomic mass is 10.0. The number of carbonyl (C=O) groups is 1. The fourth-order valence-electron chi connectivity index (χ4n) is 4.08. The third-order valence-electron chi connectivity index (χ3n) is 5.51. The molecular weight excluding hydrogens is 344 g/mol. The van der Waals surface area contributed by atoms with Crippen molar-refractivity contribution in [3.05, 3.63) is 41.4 Å². The first-order valence-corrected chi connectivity index (χ1v) is 9.71. The monoisotopic (exact) mass is 370 g/mol. The van der Waals surface area contributed by atoms with Gasteiger partial charge in [0.05, 0.1) is 17.4 Å². The zero-order valence-corrected chi connectivity index (χ0v) is 15.7. The van der Waals surface area contributed by atoms with Gasteiger partial charge in [-0.1, -0.05) is 5.16 Å². The summed E-state index contributed by atoms with van der Waals surface area (Å²) < 4.78 is 5.30. The number of aliphatic hydroxyl groups is 1. The number of aryl methyl sites for hydroxylation is 1. The molecule has 2 fully saturated rings. The Labute approximate surface area is 159 Å². The maximum Gasteiger partial charge on any atom is 0.257 e. The van der Waals surface area contributed by atoms with E-state index in [4.69, 9.17) is 4.52 Å². The molecule has 0 aromatic carbocycles. The smallest absolute Gasteiger partial charge is 0.257 e. The van der Waals surface area contributed by atoms with Gasteiger partial charge in [0, 0.05) is 50.8 Å². The van der Waals surface area contributed by atoms with Crippen LogP contribution in [0.5, 0.6) is 0 Å². The Balaban J connectivity index is 1.51. The van der Waals surface area contributed by atoms with E-state index >= 15 is 0 Å². The fourth-order valence-corrected chi connectivity index (χ4v) is 4.08. The molecule has 7 nitrogen and oxygen atoms in total. The van der Waals surface area contributed by atoms with E-state index in [1.54, 1.807) is 6.20 Å². The molecule has 27 heavy (non-hydrogen) atoms. The summed E-state index contributed by atoms with van der Waals surface area (Å²) in [5.41, 5.74) is 1.47. The first kappa shape index (κ1) is 18.0. The molecule has 2 aromatic heterocycles. The third kappa shape index (κ3) is 3.83. The van der Waals surface area contributed by atoms with Crippen LogP contribution in [0.25, 0.3) is 0 Å². The average Bonchev–Trinajstić information content (AvgIpc) is 3.27. The van der Waals surface area contributed by atoms with E-state index in [-0.39, 0.29) is 11.8 Å². The van der Waals surface area contributed by atoms with Crippen molar-refractivity contribution < 1.29 is 14.4 Å². The van der Waals surface area contributed by atoms with Crippen molar-refractivity contribution in [2.24, 2.45) is 5.92 Å². The lowest BCUT2D eigenvalue weighted by molar-refractivity contribution is 0.0724. The largest absolute Gasteiger partial charge is 0.391 e. The predicted molar refractivity (Wildman–Crippen MR) is 101 cm³/mol. The summed E-state index contributed by atoms with van der Waals surface area (Å²) in [6.45, 7) is 4.61. The maximum absolute atomic E-state index is 13.0. The van der Waals surface area contributed by atoms with Crippen LogP contribution in [0.3, 0.4) is 0 Å². The Kier molecular flexibility index (Phi) is 5.11. The molecule has 2 atom stereocenters. The Morgan fingerprint density at radius 2 is 2.11 bits per heavy atom. The second-order valence-electron chi connectivity index (χ2n) is 7.60. The Bertz CT molecular complexity index is 800. The number of hydrogen-bond acceptors (Lipinski definition) is 6. The summed E-state index contributed by atoms with van der Waals surface area (Å²) in [6.07, 6.45) is 5.15. The van der Waals surface area contributed by atoms with Gasteiger partial charge in [0.25, 0.3) is 5.91 Å². The van der Waals surface area contributed by atoms with E-state index in [1.165, 1.54) is 6.42 Å². The highest BCUT2D eigenvalue weighted by molar-refractivity contribution is 5.99. The molecule has 7 heteroatoms. The number of carbonyl (C=O) groups excluding carboxylic acids is 1. The molecule has 1 amide bonds. The van der Waals surface area contributed by atoms with Crippen molar-refractivity contribution in [3.63, 3.8) is 0 Å². The summed E-state index contributed by atoms with van der Waals surface area (Å²) in [5.74, 6) is 1.52. The highest BCUT2D eigenvalue weighted by Gasteiger charge is 2.35. The Morgan fingerprint density at radius 3 is 2.85 bits per heavy atom. The summed E-state index contributed by atoms with van der Waals surface area (Å²) in [7, 11) is 0. The molecule has 0 unspecified atom stereocenters. The molecule has 4 rings (SSSR count). The van der Waals surface area contributed by atoms with Crippen LogP contribution in [0, 0.1) is 12.8 Å². The van der Waals surface area contributed by atoms with E-state index in [0.29, 0.717) is 30.9 Å². The Morgan fingerprint density at radius 1 is 1.30 bits per heavy atom. The normalized spacial score (nSPS) is 23.0. The van der Waals surface area contributed by atoms with Crippen LogP contribution in [0.4, 0.5) is 5.82 Å². The molecule has 4 heterocycles. The molecule has 2 aliphatic rings. The standard InChI is InChI=1S/C20H26N4O3/c1-14-10-16(27-22-14)11-15-12-24(13-18(15)25)19-17(6-5-7-21-19)20(26)23-8-3-2-4-9-23/h5-7,10,15,18,25H,2-4,8-9,11-13H2,1H3/t15-,18+/m1/s1. The number of nitrogens with zero attached hydrogens (tertiary/aromatic N) is 4. The summed E-state index contributed by atoms with van der Waals surface area (Å²) in [4.78, 5) is 21.4. The van der Waals surface area contributed by atoms with Gasteiger partial charge in [0.15, 0.2) is 0 Å². The molecule has 1 N–H and O–H groups in total. The van der Waals surface area contributed by atoms with Crippen LogP contribution in [-0.2, 0) is 6.42 Å². The van der Waals surface area contributed by atoms with Crippen molar-refractivity contribution in [1.29, 1.82) is 0 Å². The average molecular weight is 370 g/mol. The molecule has 0 spiro atoms. The van der Waals surface area contributed by atoms with Gasteiger partial charge in [-0.15, -0.1) is 0 Å². The van der Waals surface area contributed by atoms with E-state index in [0.717, 1.165) is 37.4 Å². The van der Waals surface area contributed by atoms with Crippen LogP contribution in [0.1, 0.15) is 41.1 Å². The van der Waals surface area contributed by atoms with Gasteiger partial charge in [-0.05, 0) is 38.3 Å². The quantitative estimate of drug-likeness (QED) is 0.887. The van der Waals surface area contributed by atoms with Gasteiger partial charge in [-0.25, -0.2) is 4.98 Å². The second kappa shape index (κ2) is 7.68. The third-order valence-corrected chi connectivity index (χ3v) is 5.51. The molecule has 2 saturated heterocycles. The van der Waals surface area contributed by atoms with E-state index in [9.17, 15) is 9.90 Å². The molecule has 0 radical (unpaired) electrons. The summed E-state index contributed by atoms with van der Waals surface area (Å²) in [5, 5.41) is 14.5. The fraction of sp³-hybridized carbons (Fsp3) is 0.550. The molecular formula is C20H26N4O3. The van der Waals surface area contributed by atoms with Gasteiger partial charge in [0.2, 0.25) is 0 Å². The van der Waals surface area contributed by atoms with Crippen molar-refractivity contribution in [3.8, 4) is 0 Å². The Hall–Kier alpha value is -2.41. The van der Waals surface area contributed by atoms with Crippen LogP contribution >= 0.6 is 0 Å². The van der Waals surface area contributed by atoms with Gasteiger partial charge in [-0.2, -0.15) is 0 Å². The molecule has 0 bridgehead atoms. The minimum absolute atomic E-state index is 0.0253. The first-order valence-electron chi connectivity index (χ1n) is 9.71. The molecule has 2 aromatic rings. The molecule has 144 valence electrons.